The molecule has 0 fully saturated rings. The lowest BCUT2D eigenvalue weighted by Crippen LogP contribution is -2.15. The maximum atomic E-state index is 12.1. The summed E-state index contributed by atoms with van der Waals surface area (Å²) in [7, 11) is 0. The van der Waals surface area contributed by atoms with E-state index in [1.165, 1.54) is 11.8 Å². The quantitative estimate of drug-likeness (QED) is 0.653. The van der Waals surface area contributed by atoms with Crippen molar-refractivity contribution in [3.8, 4) is 0 Å². The number of amides is 1. The van der Waals surface area contributed by atoms with Crippen LogP contribution in [0.15, 0.2) is 41.3 Å². The fourth-order valence-corrected chi connectivity index (χ4v) is 3.02. The van der Waals surface area contributed by atoms with Crippen molar-refractivity contribution >= 4 is 40.6 Å². The van der Waals surface area contributed by atoms with Gasteiger partial charge in [-0.3, -0.25) is 4.79 Å². The van der Waals surface area contributed by atoms with Gasteiger partial charge in [0.1, 0.15) is 0 Å². The van der Waals surface area contributed by atoms with Crippen LogP contribution in [-0.4, -0.2) is 11.7 Å². The lowest BCUT2D eigenvalue weighted by Gasteiger charge is -2.11. The molecule has 0 heterocycles. The van der Waals surface area contributed by atoms with Gasteiger partial charge in [0.15, 0.2) is 0 Å². The predicted molar refractivity (Wildman–Crippen MR) is 91.1 cm³/mol. The Morgan fingerprint density at radius 2 is 1.95 bits per heavy atom. The van der Waals surface area contributed by atoms with Crippen LogP contribution in [-0.2, 0) is 4.79 Å². The average molecular weight is 321 g/mol. The highest BCUT2D eigenvalue weighted by Gasteiger charge is 2.10. The molecule has 21 heavy (non-hydrogen) atoms. The predicted octanol–water partition coefficient (Wildman–Crippen LogP) is 4.27. The largest absolute Gasteiger partial charge is 0.398 e. The zero-order chi connectivity index (χ0) is 15.4. The summed E-state index contributed by atoms with van der Waals surface area (Å²) in [5.74, 6) is 0.189. The van der Waals surface area contributed by atoms with Gasteiger partial charge in [0.25, 0.3) is 0 Å². The van der Waals surface area contributed by atoms with Crippen LogP contribution in [0, 0.1) is 13.8 Å². The molecule has 2 aromatic carbocycles. The molecule has 0 spiro atoms. The number of aryl methyl sites for hydroxylation is 1. The third-order valence-corrected chi connectivity index (χ3v) is 4.80. The van der Waals surface area contributed by atoms with Crippen molar-refractivity contribution in [1.29, 1.82) is 0 Å². The monoisotopic (exact) mass is 320 g/mol. The van der Waals surface area contributed by atoms with E-state index in [9.17, 15) is 4.79 Å². The number of hydrogen-bond acceptors (Lipinski definition) is 3. The summed E-state index contributed by atoms with van der Waals surface area (Å²) in [6, 6.07) is 11.2. The summed E-state index contributed by atoms with van der Waals surface area (Å²) in [5.41, 5.74) is 9.52. The van der Waals surface area contributed by atoms with Gasteiger partial charge in [-0.25, -0.2) is 0 Å². The van der Waals surface area contributed by atoms with Crippen molar-refractivity contribution in [3.05, 3.63) is 52.5 Å². The number of carbonyl (C=O) groups is 1. The molecule has 0 atom stereocenters. The van der Waals surface area contributed by atoms with Gasteiger partial charge < -0.3 is 11.1 Å². The molecule has 0 aliphatic carbocycles. The summed E-state index contributed by atoms with van der Waals surface area (Å²) in [4.78, 5) is 12.8. The molecule has 0 aromatic heterocycles. The number of nitrogens with two attached hydrogens (primary N) is 1. The highest BCUT2D eigenvalue weighted by atomic mass is 35.5. The first-order valence-corrected chi connectivity index (χ1v) is 7.88. The van der Waals surface area contributed by atoms with E-state index >= 15 is 0 Å². The molecule has 0 radical (unpaired) electrons. The number of nitrogen functional groups attached to an aromatic ring is 1. The molecule has 110 valence electrons. The zero-order valence-corrected chi connectivity index (χ0v) is 13.5. The van der Waals surface area contributed by atoms with Gasteiger partial charge in [0.2, 0.25) is 5.91 Å². The highest BCUT2D eigenvalue weighted by molar-refractivity contribution is 8.00. The lowest BCUT2D eigenvalue weighted by atomic mass is 10.1. The van der Waals surface area contributed by atoms with Crippen molar-refractivity contribution in [2.24, 2.45) is 0 Å². The second-order valence-corrected chi connectivity index (χ2v) is 6.14. The normalized spacial score (nSPS) is 10.4. The van der Waals surface area contributed by atoms with Crippen LogP contribution in [0.2, 0.25) is 5.02 Å². The first-order valence-electron chi connectivity index (χ1n) is 6.52. The van der Waals surface area contributed by atoms with E-state index in [0.29, 0.717) is 10.7 Å². The van der Waals surface area contributed by atoms with E-state index in [1.54, 1.807) is 18.2 Å². The van der Waals surface area contributed by atoms with Crippen LogP contribution >= 0.6 is 23.4 Å². The van der Waals surface area contributed by atoms with Gasteiger partial charge in [0, 0.05) is 16.3 Å². The number of benzene rings is 2. The summed E-state index contributed by atoms with van der Waals surface area (Å²) >= 11 is 7.43. The van der Waals surface area contributed by atoms with Gasteiger partial charge in [0.05, 0.1) is 10.8 Å². The average Bonchev–Trinajstić information content (AvgIpc) is 2.43. The van der Waals surface area contributed by atoms with Crippen molar-refractivity contribution in [3.63, 3.8) is 0 Å². The Morgan fingerprint density at radius 3 is 2.67 bits per heavy atom. The Balaban J connectivity index is 2.01. The Morgan fingerprint density at radius 1 is 1.24 bits per heavy atom. The van der Waals surface area contributed by atoms with Crippen LogP contribution in [0.25, 0.3) is 0 Å². The number of anilines is 2. The number of carbonyl (C=O) groups excluding carboxylic acids is 1. The van der Waals surface area contributed by atoms with Crippen molar-refractivity contribution in [1.82, 2.24) is 0 Å². The van der Waals surface area contributed by atoms with Gasteiger partial charge in [-0.2, -0.15) is 0 Å². The SMILES string of the molecule is Cc1cccc(NC(=O)CSc2c(N)cccc2Cl)c1C. The molecule has 3 N–H and O–H groups in total. The van der Waals surface area contributed by atoms with E-state index < -0.39 is 0 Å². The van der Waals surface area contributed by atoms with Gasteiger partial charge in [-0.05, 0) is 43.2 Å². The number of halogens is 1. The molecule has 0 saturated heterocycles. The van der Waals surface area contributed by atoms with E-state index in [1.807, 2.05) is 32.0 Å². The summed E-state index contributed by atoms with van der Waals surface area (Å²) in [6.45, 7) is 4.01. The minimum Gasteiger partial charge on any atom is -0.398 e. The van der Waals surface area contributed by atoms with E-state index in [0.717, 1.165) is 21.7 Å². The third kappa shape index (κ3) is 3.93. The van der Waals surface area contributed by atoms with Gasteiger partial charge >= 0.3 is 0 Å². The molecule has 0 unspecified atom stereocenters. The van der Waals surface area contributed by atoms with Crippen molar-refractivity contribution < 1.29 is 4.79 Å². The topological polar surface area (TPSA) is 55.1 Å². The molecule has 0 aliphatic rings. The van der Waals surface area contributed by atoms with Crippen LogP contribution in [0.5, 0.6) is 0 Å². The van der Waals surface area contributed by atoms with Crippen LogP contribution in [0.4, 0.5) is 11.4 Å². The maximum absolute atomic E-state index is 12.1. The number of rotatable bonds is 4. The lowest BCUT2D eigenvalue weighted by molar-refractivity contribution is -0.113. The fraction of sp³-hybridized carbons (Fsp3) is 0.188. The molecular formula is C16H17ClN2OS. The van der Waals surface area contributed by atoms with Crippen LogP contribution < -0.4 is 11.1 Å². The van der Waals surface area contributed by atoms with Crippen LogP contribution in [0.1, 0.15) is 11.1 Å². The molecule has 3 nitrogen and oxygen atoms in total. The minimum absolute atomic E-state index is 0.0759. The van der Waals surface area contributed by atoms with Crippen LogP contribution in [0.3, 0.4) is 0 Å². The molecule has 0 bridgehead atoms. The molecule has 2 aromatic rings. The second-order valence-electron chi connectivity index (χ2n) is 4.74. The highest BCUT2D eigenvalue weighted by Crippen LogP contribution is 2.32. The summed E-state index contributed by atoms with van der Waals surface area (Å²) in [5, 5.41) is 3.49. The zero-order valence-electron chi connectivity index (χ0n) is 11.9. The van der Waals surface area contributed by atoms with Crippen molar-refractivity contribution in [2.75, 3.05) is 16.8 Å². The summed E-state index contributed by atoms with van der Waals surface area (Å²) < 4.78 is 0. The smallest absolute Gasteiger partial charge is 0.234 e. The van der Waals surface area contributed by atoms with Gasteiger partial charge in [-0.15, -0.1) is 11.8 Å². The molecule has 5 heteroatoms. The molecule has 0 aliphatic heterocycles. The van der Waals surface area contributed by atoms with Crippen molar-refractivity contribution in [2.45, 2.75) is 18.7 Å². The fourth-order valence-electron chi connectivity index (χ4n) is 1.89. The first-order chi connectivity index (χ1) is 9.99. The van der Waals surface area contributed by atoms with E-state index in [-0.39, 0.29) is 11.7 Å². The minimum atomic E-state index is -0.0759. The molecule has 0 saturated carbocycles. The molecule has 1 amide bonds. The number of hydrogen-bond donors (Lipinski definition) is 2. The number of nitrogens with one attached hydrogen (secondary N) is 1. The van der Waals surface area contributed by atoms with E-state index in [2.05, 4.69) is 5.32 Å². The molecule has 2 rings (SSSR count). The summed E-state index contributed by atoms with van der Waals surface area (Å²) in [6.07, 6.45) is 0. The Bertz CT molecular complexity index is 653. The third-order valence-electron chi connectivity index (χ3n) is 3.22. The standard InChI is InChI=1S/C16H17ClN2OS/c1-10-5-3-8-14(11(10)2)19-15(20)9-21-16-12(17)6-4-7-13(16)18/h3-8H,9,18H2,1-2H3,(H,19,20). The Hall–Kier alpha value is -1.65. The number of thioether (sulfide) groups is 1. The maximum Gasteiger partial charge on any atom is 0.234 e. The van der Waals surface area contributed by atoms with E-state index in [4.69, 9.17) is 17.3 Å². The first kappa shape index (κ1) is 15.7. The molecular weight excluding hydrogens is 304 g/mol. The Kier molecular flexibility index (Phi) is 5.15. The second kappa shape index (κ2) is 6.87. The van der Waals surface area contributed by atoms with Gasteiger partial charge in [-0.1, -0.05) is 29.8 Å². The Labute approximate surface area is 133 Å².